The summed E-state index contributed by atoms with van der Waals surface area (Å²) in [6.07, 6.45) is 0. The third-order valence-electron chi connectivity index (χ3n) is 2.59. The monoisotopic (exact) mass is 319 g/mol. The fourth-order valence-electron chi connectivity index (χ4n) is 1.63. The third-order valence-corrected chi connectivity index (χ3v) is 3.09. The predicted molar refractivity (Wildman–Crippen MR) is 82.4 cm³/mol. The first-order valence-electron chi connectivity index (χ1n) is 5.74. The number of urea groups is 1. The number of benzene rings is 2. The third kappa shape index (κ3) is 3.72. The van der Waals surface area contributed by atoms with Gasteiger partial charge in [-0.15, -0.1) is 0 Å². The highest BCUT2D eigenvalue weighted by molar-refractivity contribution is 9.10. The zero-order valence-electron chi connectivity index (χ0n) is 10.4. The zero-order valence-corrected chi connectivity index (χ0v) is 12.0. The van der Waals surface area contributed by atoms with E-state index < -0.39 is 0 Å². The topological polar surface area (TPSA) is 67.2 Å². The van der Waals surface area contributed by atoms with Crippen molar-refractivity contribution in [2.75, 3.05) is 16.4 Å². The van der Waals surface area contributed by atoms with E-state index in [9.17, 15) is 4.79 Å². The second kappa shape index (κ2) is 5.75. The molecule has 0 radical (unpaired) electrons. The van der Waals surface area contributed by atoms with Gasteiger partial charge in [0.05, 0.1) is 0 Å². The Morgan fingerprint density at radius 2 is 1.95 bits per heavy atom. The Kier molecular flexibility index (Phi) is 4.06. The SMILES string of the molecule is Cc1ccc(Br)cc1NC(=O)Nc1cccc(N)c1. The molecule has 0 aliphatic carbocycles. The summed E-state index contributed by atoms with van der Waals surface area (Å²) in [4.78, 5) is 11.9. The van der Waals surface area contributed by atoms with E-state index >= 15 is 0 Å². The Balaban J connectivity index is 2.07. The van der Waals surface area contributed by atoms with E-state index in [-0.39, 0.29) is 6.03 Å². The van der Waals surface area contributed by atoms with Crippen LogP contribution >= 0.6 is 15.9 Å². The van der Waals surface area contributed by atoms with Crippen LogP contribution in [-0.4, -0.2) is 6.03 Å². The van der Waals surface area contributed by atoms with Gasteiger partial charge in [0.25, 0.3) is 0 Å². The molecule has 2 rings (SSSR count). The number of nitrogens with two attached hydrogens (primary N) is 1. The predicted octanol–water partition coefficient (Wildman–Crippen LogP) is 3.98. The summed E-state index contributed by atoms with van der Waals surface area (Å²) in [6.45, 7) is 1.93. The van der Waals surface area contributed by atoms with Gasteiger partial charge < -0.3 is 16.4 Å². The lowest BCUT2D eigenvalue weighted by atomic mass is 10.2. The van der Waals surface area contributed by atoms with Crippen LogP contribution in [0, 0.1) is 6.92 Å². The van der Waals surface area contributed by atoms with Gasteiger partial charge in [-0.2, -0.15) is 0 Å². The Morgan fingerprint density at radius 1 is 1.16 bits per heavy atom. The van der Waals surface area contributed by atoms with Crippen LogP contribution in [-0.2, 0) is 0 Å². The fraction of sp³-hybridized carbons (Fsp3) is 0.0714. The minimum Gasteiger partial charge on any atom is -0.399 e. The highest BCUT2D eigenvalue weighted by atomic mass is 79.9. The van der Waals surface area contributed by atoms with Crippen molar-refractivity contribution in [3.05, 3.63) is 52.5 Å². The molecule has 98 valence electrons. The smallest absolute Gasteiger partial charge is 0.323 e. The number of nitrogen functional groups attached to an aromatic ring is 1. The summed E-state index contributed by atoms with van der Waals surface area (Å²) in [7, 11) is 0. The molecule has 0 unspecified atom stereocenters. The summed E-state index contributed by atoms with van der Waals surface area (Å²) in [5, 5.41) is 5.53. The van der Waals surface area contributed by atoms with Gasteiger partial charge in [0.15, 0.2) is 0 Å². The average Bonchev–Trinajstić information content (AvgIpc) is 2.34. The number of anilines is 3. The van der Waals surface area contributed by atoms with Crippen LogP contribution in [0.5, 0.6) is 0 Å². The number of amides is 2. The standard InChI is InChI=1S/C14H14BrN3O/c1-9-5-6-10(15)7-13(9)18-14(19)17-12-4-2-3-11(16)8-12/h2-8H,16H2,1H3,(H2,17,18,19). The number of halogens is 1. The first-order chi connectivity index (χ1) is 9.04. The molecule has 5 heteroatoms. The van der Waals surface area contributed by atoms with Crippen molar-refractivity contribution in [3.63, 3.8) is 0 Å². The first-order valence-corrected chi connectivity index (χ1v) is 6.53. The zero-order chi connectivity index (χ0) is 13.8. The summed E-state index contributed by atoms with van der Waals surface area (Å²) < 4.78 is 0.914. The summed E-state index contributed by atoms with van der Waals surface area (Å²) in [5.41, 5.74) is 8.67. The number of hydrogen-bond donors (Lipinski definition) is 3. The Bertz CT molecular complexity index is 613. The van der Waals surface area contributed by atoms with Crippen LogP contribution in [0.25, 0.3) is 0 Å². The van der Waals surface area contributed by atoms with Gasteiger partial charge in [-0.1, -0.05) is 28.1 Å². The highest BCUT2D eigenvalue weighted by Crippen LogP contribution is 2.21. The number of nitrogens with one attached hydrogen (secondary N) is 2. The van der Waals surface area contributed by atoms with E-state index in [0.29, 0.717) is 11.4 Å². The van der Waals surface area contributed by atoms with Crippen LogP contribution in [0.3, 0.4) is 0 Å². The largest absolute Gasteiger partial charge is 0.399 e. The molecule has 2 aromatic rings. The molecule has 0 heterocycles. The molecular weight excluding hydrogens is 306 g/mol. The maximum Gasteiger partial charge on any atom is 0.323 e. The van der Waals surface area contributed by atoms with E-state index in [4.69, 9.17) is 5.73 Å². The second-order valence-electron chi connectivity index (χ2n) is 4.16. The normalized spacial score (nSPS) is 10.0. The lowest BCUT2D eigenvalue weighted by Crippen LogP contribution is -2.20. The molecule has 0 aliphatic heterocycles. The van der Waals surface area contributed by atoms with E-state index in [1.54, 1.807) is 24.3 Å². The Morgan fingerprint density at radius 3 is 2.68 bits per heavy atom. The first kappa shape index (κ1) is 13.4. The number of carbonyl (C=O) groups excluding carboxylic acids is 1. The molecule has 19 heavy (non-hydrogen) atoms. The van der Waals surface area contributed by atoms with Gasteiger partial charge in [-0.05, 0) is 42.8 Å². The molecule has 2 aromatic carbocycles. The van der Waals surface area contributed by atoms with Crippen molar-refractivity contribution in [1.82, 2.24) is 0 Å². The quantitative estimate of drug-likeness (QED) is 0.733. The molecule has 4 nitrogen and oxygen atoms in total. The molecule has 0 saturated heterocycles. The molecule has 0 aliphatic rings. The van der Waals surface area contributed by atoms with Crippen LogP contribution < -0.4 is 16.4 Å². The van der Waals surface area contributed by atoms with Gasteiger partial charge in [-0.3, -0.25) is 0 Å². The van der Waals surface area contributed by atoms with Gasteiger partial charge in [-0.25, -0.2) is 4.79 Å². The lowest BCUT2D eigenvalue weighted by molar-refractivity contribution is 0.262. The van der Waals surface area contributed by atoms with Gasteiger partial charge in [0, 0.05) is 21.5 Å². The van der Waals surface area contributed by atoms with Gasteiger partial charge >= 0.3 is 6.03 Å². The maximum absolute atomic E-state index is 11.9. The van der Waals surface area contributed by atoms with Crippen LogP contribution in [0.2, 0.25) is 0 Å². The minimum atomic E-state index is -0.299. The maximum atomic E-state index is 11.9. The number of aryl methyl sites for hydroxylation is 1. The van der Waals surface area contributed by atoms with Gasteiger partial charge in [0.2, 0.25) is 0 Å². The van der Waals surface area contributed by atoms with Crippen molar-refractivity contribution < 1.29 is 4.79 Å². The van der Waals surface area contributed by atoms with E-state index in [2.05, 4.69) is 26.6 Å². The van der Waals surface area contributed by atoms with Crippen molar-refractivity contribution >= 4 is 39.0 Å². The summed E-state index contributed by atoms with van der Waals surface area (Å²) in [5.74, 6) is 0. The molecule has 0 bridgehead atoms. The van der Waals surface area contributed by atoms with E-state index in [0.717, 1.165) is 15.7 Å². The average molecular weight is 320 g/mol. The van der Waals surface area contributed by atoms with Crippen LogP contribution in [0.4, 0.5) is 21.9 Å². The Hall–Kier alpha value is -2.01. The van der Waals surface area contributed by atoms with Crippen molar-refractivity contribution in [3.8, 4) is 0 Å². The van der Waals surface area contributed by atoms with E-state index in [1.165, 1.54) is 0 Å². The molecule has 0 aromatic heterocycles. The van der Waals surface area contributed by atoms with Crippen LogP contribution in [0.1, 0.15) is 5.56 Å². The van der Waals surface area contributed by atoms with Crippen molar-refractivity contribution in [2.45, 2.75) is 6.92 Å². The molecular formula is C14H14BrN3O. The molecule has 0 saturated carbocycles. The fourth-order valence-corrected chi connectivity index (χ4v) is 1.99. The Labute approximate surface area is 120 Å². The highest BCUT2D eigenvalue weighted by Gasteiger charge is 2.05. The molecule has 0 atom stereocenters. The molecule has 0 spiro atoms. The molecule has 0 fully saturated rings. The second-order valence-corrected chi connectivity index (χ2v) is 5.08. The molecule has 2 amide bonds. The molecule has 4 N–H and O–H groups in total. The minimum absolute atomic E-state index is 0.299. The van der Waals surface area contributed by atoms with Crippen molar-refractivity contribution in [1.29, 1.82) is 0 Å². The van der Waals surface area contributed by atoms with Crippen LogP contribution in [0.15, 0.2) is 46.9 Å². The van der Waals surface area contributed by atoms with E-state index in [1.807, 2.05) is 25.1 Å². The summed E-state index contributed by atoms with van der Waals surface area (Å²) in [6, 6.07) is 12.4. The van der Waals surface area contributed by atoms with Crippen molar-refractivity contribution in [2.24, 2.45) is 0 Å². The summed E-state index contributed by atoms with van der Waals surface area (Å²) >= 11 is 3.37. The number of hydrogen-bond acceptors (Lipinski definition) is 2. The number of rotatable bonds is 2. The lowest BCUT2D eigenvalue weighted by Gasteiger charge is -2.10. The van der Waals surface area contributed by atoms with Gasteiger partial charge in [0.1, 0.15) is 0 Å². The number of carbonyl (C=O) groups is 1.